The van der Waals surface area contributed by atoms with Crippen molar-refractivity contribution in [3.63, 3.8) is 0 Å². The van der Waals surface area contributed by atoms with Gasteiger partial charge in [-0.05, 0) is 52.2 Å². The molecule has 1 aliphatic carbocycles. The highest BCUT2D eigenvalue weighted by Crippen LogP contribution is 2.36. The summed E-state index contributed by atoms with van der Waals surface area (Å²) >= 11 is 4.80. The fourth-order valence-corrected chi connectivity index (χ4v) is 3.88. The van der Waals surface area contributed by atoms with Crippen molar-refractivity contribution in [2.24, 2.45) is 4.99 Å². The van der Waals surface area contributed by atoms with Crippen LogP contribution in [0.3, 0.4) is 0 Å². The predicted octanol–water partition coefficient (Wildman–Crippen LogP) is 6.66. The minimum absolute atomic E-state index is 0.124. The number of hydrogen-bond acceptors (Lipinski definition) is 3. The number of hydrogen-bond donors (Lipinski definition) is 0. The molecule has 0 aromatic heterocycles. The Morgan fingerprint density at radius 3 is 2.47 bits per heavy atom. The zero-order chi connectivity index (χ0) is 21.1. The molecular weight excluding hydrogens is 407 g/mol. The van der Waals surface area contributed by atoms with Gasteiger partial charge in [-0.15, -0.1) is 0 Å². The molecule has 1 aliphatic rings. The zero-order valence-electron chi connectivity index (χ0n) is 15.9. The van der Waals surface area contributed by atoms with E-state index in [4.69, 9.17) is 17.0 Å². The standard InChI is InChI=1S/C24H18F3NOS/c25-24(26,27)20-6-3-5-18(12-20)17-10-8-16(9-11-17)14-29-22-13-19-4-1-2-7-21(19)23(22)28-15-30/h1-12,22-23H,13-14H2. The second kappa shape index (κ2) is 8.52. The fourth-order valence-electron chi connectivity index (χ4n) is 3.77. The van der Waals surface area contributed by atoms with E-state index in [0.29, 0.717) is 12.2 Å². The first-order valence-electron chi connectivity index (χ1n) is 9.48. The monoisotopic (exact) mass is 425 g/mol. The summed E-state index contributed by atoms with van der Waals surface area (Å²) in [4.78, 5) is 4.29. The van der Waals surface area contributed by atoms with Gasteiger partial charge in [0.05, 0.1) is 23.4 Å². The number of isothiocyanates is 1. The largest absolute Gasteiger partial charge is 0.416 e. The van der Waals surface area contributed by atoms with Crippen LogP contribution in [-0.4, -0.2) is 11.3 Å². The van der Waals surface area contributed by atoms with Crippen molar-refractivity contribution in [3.8, 4) is 11.1 Å². The normalized spacial score (nSPS) is 18.0. The smallest absolute Gasteiger partial charge is 0.371 e. The van der Waals surface area contributed by atoms with Gasteiger partial charge in [-0.2, -0.15) is 13.2 Å². The average molecular weight is 425 g/mol. The third-order valence-electron chi connectivity index (χ3n) is 5.28. The Labute approximate surface area is 178 Å². The molecule has 6 heteroatoms. The summed E-state index contributed by atoms with van der Waals surface area (Å²) < 4.78 is 45.0. The summed E-state index contributed by atoms with van der Waals surface area (Å²) in [6, 6.07) is 20.6. The van der Waals surface area contributed by atoms with Gasteiger partial charge >= 0.3 is 6.18 Å². The van der Waals surface area contributed by atoms with E-state index in [1.54, 1.807) is 6.07 Å². The number of halogens is 3. The van der Waals surface area contributed by atoms with E-state index >= 15 is 0 Å². The number of aliphatic imine (C=N–C) groups is 1. The second-order valence-corrected chi connectivity index (χ2v) is 7.38. The molecule has 152 valence electrons. The molecule has 3 aromatic carbocycles. The molecule has 0 aliphatic heterocycles. The van der Waals surface area contributed by atoms with E-state index in [1.807, 2.05) is 42.5 Å². The Kier molecular flexibility index (Phi) is 5.82. The molecule has 3 aromatic rings. The minimum atomic E-state index is -4.36. The van der Waals surface area contributed by atoms with Gasteiger partial charge in [-0.1, -0.05) is 60.7 Å². The molecule has 0 saturated heterocycles. The summed E-state index contributed by atoms with van der Waals surface area (Å²) in [5.41, 5.74) is 3.84. The molecule has 0 bridgehead atoms. The Bertz CT molecular complexity index is 1090. The number of benzene rings is 3. The second-order valence-electron chi connectivity index (χ2n) is 7.19. The number of rotatable bonds is 5. The van der Waals surface area contributed by atoms with Gasteiger partial charge < -0.3 is 4.74 Å². The predicted molar refractivity (Wildman–Crippen MR) is 113 cm³/mol. The molecule has 0 spiro atoms. The fraction of sp³-hybridized carbons (Fsp3) is 0.208. The number of nitrogens with zero attached hydrogens (tertiary/aromatic N) is 1. The third-order valence-corrected chi connectivity index (χ3v) is 5.39. The van der Waals surface area contributed by atoms with Crippen molar-refractivity contribution in [3.05, 3.63) is 95.1 Å². The Morgan fingerprint density at radius 1 is 0.967 bits per heavy atom. The first-order chi connectivity index (χ1) is 14.5. The topological polar surface area (TPSA) is 21.6 Å². The minimum Gasteiger partial charge on any atom is -0.371 e. The van der Waals surface area contributed by atoms with Crippen molar-refractivity contribution in [2.45, 2.75) is 31.3 Å². The molecule has 2 nitrogen and oxygen atoms in total. The highest BCUT2D eigenvalue weighted by Gasteiger charge is 2.33. The SMILES string of the molecule is FC(F)(F)c1cccc(-c2ccc(COC3Cc4ccccc4C3N=C=S)cc2)c1. The van der Waals surface area contributed by atoms with E-state index in [-0.39, 0.29) is 12.1 Å². The lowest BCUT2D eigenvalue weighted by molar-refractivity contribution is -0.137. The van der Waals surface area contributed by atoms with Gasteiger partial charge in [0.1, 0.15) is 6.04 Å². The van der Waals surface area contributed by atoms with E-state index < -0.39 is 11.7 Å². The molecule has 0 amide bonds. The van der Waals surface area contributed by atoms with Crippen molar-refractivity contribution in [1.82, 2.24) is 0 Å². The summed E-state index contributed by atoms with van der Waals surface area (Å²) in [6.45, 7) is 0.380. The van der Waals surface area contributed by atoms with Crippen LogP contribution in [0.1, 0.15) is 28.3 Å². The van der Waals surface area contributed by atoms with E-state index in [0.717, 1.165) is 35.2 Å². The molecule has 0 N–H and O–H groups in total. The van der Waals surface area contributed by atoms with E-state index in [9.17, 15) is 13.2 Å². The molecular formula is C24H18F3NOS. The maximum atomic E-state index is 12.9. The first kappa shape index (κ1) is 20.5. The van der Waals surface area contributed by atoms with Crippen LogP contribution in [0.25, 0.3) is 11.1 Å². The van der Waals surface area contributed by atoms with Crippen LogP contribution in [-0.2, 0) is 23.9 Å². The Hall–Kier alpha value is -2.79. The first-order valence-corrected chi connectivity index (χ1v) is 9.89. The number of alkyl halides is 3. The Morgan fingerprint density at radius 2 is 1.73 bits per heavy atom. The maximum absolute atomic E-state index is 12.9. The molecule has 2 unspecified atom stereocenters. The Balaban J connectivity index is 1.45. The van der Waals surface area contributed by atoms with Gasteiger partial charge in [0.25, 0.3) is 0 Å². The van der Waals surface area contributed by atoms with Crippen LogP contribution in [0.5, 0.6) is 0 Å². The average Bonchev–Trinajstić information content (AvgIpc) is 3.10. The van der Waals surface area contributed by atoms with Gasteiger partial charge in [-0.3, -0.25) is 0 Å². The number of ether oxygens (including phenoxy) is 1. The van der Waals surface area contributed by atoms with Crippen LogP contribution < -0.4 is 0 Å². The van der Waals surface area contributed by atoms with Crippen LogP contribution in [0.15, 0.2) is 77.8 Å². The molecule has 2 atom stereocenters. The van der Waals surface area contributed by atoms with Gasteiger partial charge in [0, 0.05) is 6.42 Å². The van der Waals surface area contributed by atoms with Crippen LogP contribution in [0.4, 0.5) is 13.2 Å². The van der Waals surface area contributed by atoms with Crippen LogP contribution in [0.2, 0.25) is 0 Å². The van der Waals surface area contributed by atoms with Crippen molar-refractivity contribution < 1.29 is 17.9 Å². The summed E-state index contributed by atoms with van der Waals surface area (Å²) in [5, 5.41) is 2.47. The van der Waals surface area contributed by atoms with Gasteiger partial charge in [-0.25, -0.2) is 4.99 Å². The molecule has 4 rings (SSSR count). The van der Waals surface area contributed by atoms with Gasteiger partial charge in [0.2, 0.25) is 0 Å². The number of fused-ring (bicyclic) bond motifs is 1. The van der Waals surface area contributed by atoms with Crippen molar-refractivity contribution in [1.29, 1.82) is 0 Å². The molecule has 0 saturated carbocycles. The highest BCUT2D eigenvalue weighted by molar-refractivity contribution is 7.78. The molecule has 0 radical (unpaired) electrons. The van der Waals surface area contributed by atoms with Crippen LogP contribution in [0, 0.1) is 0 Å². The van der Waals surface area contributed by atoms with Gasteiger partial charge in [0.15, 0.2) is 0 Å². The number of thiocarbonyl (C=S) groups is 1. The van der Waals surface area contributed by atoms with E-state index in [1.165, 1.54) is 11.6 Å². The lowest BCUT2D eigenvalue weighted by atomic mass is 10.0. The molecule has 0 fully saturated rings. The van der Waals surface area contributed by atoms with Crippen molar-refractivity contribution >= 4 is 17.4 Å². The van der Waals surface area contributed by atoms with Crippen LogP contribution >= 0.6 is 12.2 Å². The quantitative estimate of drug-likeness (QED) is 0.337. The lowest BCUT2D eigenvalue weighted by Gasteiger charge is -2.17. The van der Waals surface area contributed by atoms with Crippen molar-refractivity contribution in [2.75, 3.05) is 0 Å². The highest BCUT2D eigenvalue weighted by atomic mass is 32.1. The molecule has 0 heterocycles. The zero-order valence-corrected chi connectivity index (χ0v) is 16.7. The maximum Gasteiger partial charge on any atom is 0.416 e. The summed E-state index contributed by atoms with van der Waals surface area (Å²) in [7, 11) is 0. The summed E-state index contributed by atoms with van der Waals surface area (Å²) in [6.07, 6.45) is -3.73. The molecule has 30 heavy (non-hydrogen) atoms. The summed E-state index contributed by atoms with van der Waals surface area (Å²) in [5.74, 6) is 0. The lowest BCUT2D eigenvalue weighted by Crippen LogP contribution is -2.17. The third kappa shape index (κ3) is 4.36. The van der Waals surface area contributed by atoms with E-state index in [2.05, 4.69) is 16.2 Å².